The summed E-state index contributed by atoms with van der Waals surface area (Å²) in [7, 11) is 1.74. The lowest BCUT2D eigenvalue weighted by Gasteiger charge is -2.19. The smallest absolute Gasteiger partial charge is 0.235 e. The number of thioether (sulfide) groups is 1. The predicted octanol–water partition coefficient (Wildman–Crippen LogP) is 4.76. The number of rotatable bonds is 6. The zero-order valence-corrected chi connectivity index (χ0v) is 19.2. The van der Waals surface area contributed by atoms with Crippen molar-refractivity contribution in [3.8, 4) is 17.5 Å². The van der Waals surface area contributed by atoms with Crippen LogP contribution in [0.2, 0.25) is 0 Å². The first-order valence-electron chi connectivity index (χ1n) is 10.6. The van der Waals surface area contributed by atoms with Gasteiger partial charge < -0.3 is 14.5 Å². The van der Waals surface area contributed by atoms with E-state index < -0.39 is 0 Å². The topological polar surface area (TPSA) is 88.5 Å². The van der Waals surface area contributed by atoms with Gasteiger partial charge in [0, 0.05) is 18.8 Å². The van der Waals surface area contributed by atoms with Crippen molar-refractivity contribution >= 4 is 23.5 Å². The molecule has 9 heteroatoms. The highest BCUT2D eigenvalue weighted by Crippen LogP contribution is 2.37. The molecule has 1 fully saturated rings. The number of hydrogen-bond acceptors (Lipinski definition) is 5. The van der Waals surface area contributed by atoms with Crippen molar-refractivity contribution in [3.63, 3.8) is 0 Å². The van der Waals surface area contributed by atoms with Crippen molar-refractivity contribution in [1.82, 2.24) is 19.3 Å². The fourth-order valence-corrected chi connectivity index (χ4v) is 5.03. The third-order valence-corrected chi connectivity index (χ3v) is 7.12. The number of hydrogen-bond donors (Lipinski definition) is 1. The molecule has 2 aromatic heterocycles. The van der Waals surface area contributed by atoms with E-state index in [1.807, 2.05) is 13.8 Å². The van der Waals surface area contributed by atoms with Crippen LogP contribution in [0.4, 0.5) is 10.2 Å². The Morgan fingerprint density at radius 1 is 1.28 bits per heavy atom. The van der Waals surface area contributed by atoms with E-state index in [1.54, 1.807) is 29.8 Å². The second-order valence-electron chi connectivity index (χ2n) is 8.04. The molecule has 0 unspecified atom stereocenters. The van der Waals surface area contributed by atoms with Crippen LogP contribution in [0.3, 0.4) is 0 Å². The van der Waals surface area contributed by atoms with Gasteiger partial charge in [0.2, 0.25) is 5.91 Å². The molecule has 1 saturated carbocycles. The van der Waals surface area contributed by atoms with Crippen LogP contribution < -0.4 is 5.32 Å². The molecule has 1 aliphatic carbocycles. The van der Waals surface area contributed by atoms with Gasteiger partial charge in [0.1, 0.15) is 17.7 Å². The summed E-state index contributed by atoms with van der Waals surface area (Å²) >= 11 is 1.22. The third kappa shape index (κ3) is 4.02. The first kappa shape index (κ1) is 22.1. The van der Waals surface area contributed by atoms with Gasteiger partial charge in [-0.15, -0.1) is 10.2 Å². The maximum absolute atomic E-state index is 14.1. The monoisotopic (exact) mass is 452 g/mol. The van der Waals surface area contributed by atoms with Gasteiger partial charge in [-0.2, -0.15) is 5.26 Å². The van der Waals surface area contributed by atoms with Gasteiger partial charge in [0.05, 0.1) is 16.9 Å². The molecule has 7 nitrogen and oxygen atoms in total. The number of benzene rings is 1. The molecule has 2 heterocycles. The highest BCUT2D eigenvalue weighted by Gasteiger charge is 2.27. The summed E-state index contributed by atoms with van der Waals surface area (Å²) in [5.74, 6) is 0.491. The van der Waals surface area contributed by atoms with Gasteiger partial charge in [0.15, 0.2) is 11.0 Å². The van der Waals surface area contributed by atoms with E-state index in [0.29, 0.717) is 34.0 Å². The Balaban J connectivity index is 1.51. The van der Waals surface area contributed by atoms with Crippen molar-refractivity contribution < 1.29 is 9.18 Å². The maximum Gasteiger partial charge on any atom is 0.235 e. The molecule has 0 bridgehead atoms. The van der Waals surface area contributed by atoms with E-state index in [1.165, 1.54) is 17.8 Å². The molecule has 3 aromatic rings. The van der Waals surface area contributed by atoms with Gasteiger partial charge in [-0.1, -0.05) is 36.7 Å². The van der Waals surface area contributed by atoms with Gasteiger partial charge in [0.25, 0.3) is 0 Å². The molecule has 0 spiro atoms. The van der Waals surface area contributed by atoms with Crippen LogP contribution in [-0.4, -0.2) is 31.0 Å². The molecule has 32 heavy (non-hydrogen) atoms. The Morgan fingerprint density at radius 3 is 2.69 bits per heavy atom. The van der Waals surface area contributed by atoms with Gasteiger partial charge in [-0.25, -0.2) is 4.39 Å². The molecule has 0 radical (unpaired) electrons. The summed E-state index contributed by atoms with van der Waals surface area (Å²) in [6.45, 7) is 3.93. The lowest BCUT2D eigenvalue weighted by Crippen LogP contribution is -2.20. The average molecular weight is 453 g/mol. The summed E-state index contributed by atoms with van der Waals surface area (Å²) < 4.78 is 17.9. The van der Waals surface area contributed by atoms with Crippen molar-refractivity contribution in [2.75, 3.05) is 11.1 Å². The summed E-state index contributed by atoms with van der Waals surface area (Å²) in [6, 6.07) is 8.95. The number of carbonyl (C=O) groups is 1. The summed E-state index contributed by atoms with van der Waals surface area (Å²) in [4.78, 5) is 12.8. The van der Waals surface area contributed by atoms with Crippen LogP contribution >= 0.6 is 11.8 Å². The average Bonchev–Trinajstić information content (AvgIpc) is 3.48. The van der Waals surface area contributed by atoms with Crippen LogP contribution in [0.25, 0.3) is 11.4 Å². The number of carbonyl (C=O) groups excluding carboxylic acids is 1. The standard InChI is InChI=1S/C23H25FN6OS/c1-14-15(2)30(16-8-4-5-9-16)21(18(14)12-25)26-20(31)13-32-23-28-27-22(29(23)3)17-10-6-7-11-19(17)24/h6-7,10-11,16H,4-5,8-9,13H2,1-3H3,(H,26,31). The Hall–Kier alpha value is -3.12. The summed E-state index contributed by atoms with van der Waals surface area (Å²) in [6.07, 6.45) is 4.41. The zero-order valence-electron chi connectivity index (χ0n) is 18.4. The van der Waals surface area contributed by atoms with Crippen molar-refractivity contribution in [1.29, 1.82) is 5.26 Å². The van der Waals surface area contributed by atoms with E-state index in [9.17, 15) is 14.4 Å². The SMILES string of the molecule is Cc1c(C#N)c(NC(=O)CSc2nnc(-c3ccccc3F)n2C)n(C2CCCC2)c1C. The Labute approximate surface area is 190 Å². The lowest BCUT2D eigenvalue weighted by molar-refractivity contribution is -0.113. The Morgan fingerprint density at radius 2 is 2.00 bits per heavy atom. The number of nitrogens with one attached hydrogen (secondary N) is 1. The van der Waals surface area contributed by atoms with E-state index in [4.69, 9.17) is 0 Å². The van der Waals surface area contributed by atoms with Crippen molar-refractivity contribution in [2.24, 2.45) is 7.05 Å². The minimum Gasteiger partial charge on any atom is -0.327 e. The molecular weight excluding hydrogens is 427 g/mol. The number of amides is 1. The molecular formula is C23H25FN6OS. The van der Waals surface area contributed by atoms with Crippen LogP contribution in [0.1, 0.15) is 48.5 Å². The number of halogens is 1. The van der Waals surface area contributed by atoms with E-state index in [0.717, 1.165) is 36.9 Å². The molecule has 0 saturated heterocycles. The summed E-state index contributed by atoms with van der Waals surface area (Å²) in [5, 5.41) is 21.4. The Kier molecular flexibility index (Phi) is 6.33. The van der Waals surface area contributed by atoms with Gasteiger partial charge >= 0.3 is 0 Å². The number of nitriles is 1. The molecule has 1 aromatic carbocycles. The van der Waals surface area contributed by atoms with E-state index in [2.05, 4.69) is 26.2 Å². The van der Waals surface area contributed by atoms with E-state index in [-0.39, 0.29) is 17.5 Å². The van der Waals surface area contributed by atoms with Crippen LogP contribution in [-0.2, 0) is 11.8 Å². The molecule has 0 atom stereocenters. The number of nitrogens with zero attached hydrogens (tertiary/aromatic N) is 5. The fourth-order valence-electron chi connectivity index (χ4n) is 4.32. The minimum atomic E-state index is -0.375. The minimum absolute atomic E-state index is 0.0993. The first-order valence-corrected chi connectivity index (χ1v) is 11.6. The molecule has 4 rings (SSSR count). The fraction of sp³-hybridized carbons (Fsp3) is 0.391. The highest BCUT2D eigenvalue weighted by molar-refractivity contribution is 7.99. The van der Waals surface area contributed by atoms with Crippen LogP contribution in [0.15, 0.2) is 29.4 Å². The lowest BCUT2D eigenvalue weighted by atomic mass is 10.2. The Bertz CT molecular complexity index is 1200. The normalized spacial score (nSPS) is 14.0. The van der Waals surface area contributed by atoms with Crippen LogP contribution in [0.5, 0.6) is 0 Å². The zero-order chi connectivity index (χ0) is 22.8. The first-order chi connectivity index (χ1) is 15.4. The quantitative estimate of drug-likeness (QED) is 0.545. The molecule has 166 valence electrons. The van der Waals surface area contributed by atoms with Crippen molar-refractivity contribution in [2.45, 2.75) is 50.7 Å². The van der Waals surface area contributed by atoms with Crippen LogP contribution in [0, 0.1) is 31.0 Å². The number of aromatic nitrogens is 4. The highest BCUT2D eigenvalue weighted by atomic mass is 32.2. The molecule has 1 amide bonds. The molecule has 1 N–H and O–H groups in total. The van der Waals surface area contributed by atoms with Gasteiger partial charge in [-0.05, 0) is 44.4 Å². The second kappa shape index (κ2) is 9.17. The van der Waals surface area contributed by atoms with Gasteiger partial charge in [-0.3, -0.25) is 4.79 Å². The maximum atomic E-state index is 14.1. The second-order valence-corrected chi connectivity index (χ2v) is 8.98. The number of anilines is 1. The molecule has 0 aliphatic heterocycles. The largest absolute Gasteiger partial charge is 0.327 e. The third-order valence-electron chi connectivity index (χ3n) is 6.10. The summed E-state index contributed by atoms with van der Waals surface area (Å²) in [5.41, 5.74) is 2.82. The molecule has 1 aliphatic rings. The predicted molar refractivity (Wildman–Crippen MR) is 122 cm³/mol. The van der Waals surface area contributed by atoms with Crippen molar-refractivity contribution in [3.05, 3.63) is 46.9 Å². The van der Waals surface area contributed by atoms with E-state index >= 15 is 0 Å².